The molecule has 1 fully saturated rings. The number of rotatable bonds is 4. The zero-order chi connectivity index (χ0) is 22.0. The Balaban J connectivity index is 1.95. The zero-order valence-electron chi connectivity index (χ0n) is 16.5. The van der Waals surface area contributed by atoms with Crippen molar-refractivity contribution in [3.63, 3.8) is 0 Å². The van der Waals surface area contributed by atoms with Crippen LogP contribution in [-0.4, -0.2) is 24.4 Å². The Morgan fingerprint density at radius 1 is 1.30 bits per heavy atom. The fourth-order valence-corrected chi connectivity index (χ4v) is 4.17. The number of halogens is 4. The van der Waals surface area contributed by atoms with Crippen molar-refractivity contribution in [3.8, 4) is 0 Å². The van der Waals surface area contributed by atoms with Crippen molar-refractivity contribution < 1.29 is 18.3 Å². The average molecular weight is 441 g/mol. The van der Waals surface area contributed by atoms with Crippen LogP contribution in [0.5, 0.6) is 0 Å². The second-order valence-electron chi connectivity index (χ2n) is 7.97. The first-order chi connectivity index (χ1) is 14.0. The van der Waals surface area contributed by atoms with E-state index in [0.29, 0.717) is 11.1 Å². The van der Waals surface area contributed by atoms with E-state index in [1.54, 1.807) is 37.7 Å². The molecule has 6 nitrogen and oxygen atoms in total. The number of fused-ring (bicyclic) bond motifs is 1. The Labute approximate surface area is 174 Å². The van der Waals surface area contributed by atoms with E-state index in [2.05, 4.69) is 10.1 Å². The SMILES string of the molecule is CC(C)C(O)(c1cnc(C(F)(F)F)c(Cl)c1)c1c2ccn(C3CC3)c(=O)c2nn1C. The molecule has 160 valence electrons. The van der Waals surface area contributed by atoms with Crippen molar-refractivity contribution in [2.75, 3.05) is 0 Å². The molecule has 0 aromatic carbocycles. The van der Waals surface area contributed by atoms with Gasteiger partial charge in [-0.15, -0.1) is 0 Å². The van der Waals surface area contributed by atoms with Crippen molar-refractivity contribution >= 4 is 22.5 Å². The molecule has 1 aliphatic rings. The fraction of sp³-hybridized carbons (Fsp3) is 0.450. The zero-order valence-corrected chi connectivity index (χ0v) is 17.3. The van der Waals surface area contributed by atoms with Gasteiger partial charge in [-0.2, -0.15) is 18.3 Å². The largest absolute Gasteiger partial charge is 0.434 e. The van der Waals surface area contributed by atoms with Crippen LogP contribution in [0.3, 0.4) is 0 Å². The van der Waals surface area contributed by atoms with Gasteiger partial charge >= 0.3 is 6.18 Å². The summed E-state index contributed by atoms with van der Waals surface area (Å²) in [6.07, 6.45) is -0.211. The molecule has 30 heavy (non-hydrogen) atoms. The van der Waals surface area contributed by atoms with E-state index in [1.165, 1.54) is 4.68 Å². The predicted molar refractivity (Wildman–Crippen MR) is 105 cm³/mol. The predicted octanol–water partition coefficient (Wildman–Crippen LogP) is 4.03. The van der Waals surface area contributed by atoms with Crippen LogP contribution in [0.1, 0.15) is 49.7 Å². The van der Waals surface area contributed by atoms with Gasteiger partial charge in [0.05, 0.1) is 10.7 Å². The quantitative estimate of drug-likeness (QED) is 0.664. The second kappa shape index (κ2) is 6.81. The van der Waals surface area contributed by atoms with Crippen molar-refractivity contribution in [2.45, 2.75) is 44.5 Å². The standard InChI is InChI=1S/C20H20ClF3N4O2/c1-10(2)19(30,11-8-14(21)16(25-9-11)20(22,23)24)17-13-6-7-28(12-4-5-12)18(29)15(13)26-27(17)3/h6-10,12,30H,4-5H2,1-3H3. The summed E-state index contributed by atoms with van der Waals surface area (Å²) in [5.74, 6) is -0.489. The molecule has 1 N–H and O–H groups in total. The summed E-state index contributed by atoms with van der Waals surface area (Å²) in [5.41, 5.74) is -2.67. The van der Waals surface area contributed by atoms with E-state index < -0.39 is 28.4 Å². The van der Waals surface area contributed by atoms with Gasteiger partial charge in [0.25, 0.3) is 5.56 Å². The van der Waals surface area contributed by atoms with Crippen molar-refractivity contribution in [2.24, 2.45) is 13.0 Å². The molecular weight excluding hydrogens is 421 g/mol. The summed E-state index contributed by atoms with van der Waals surface area (Å²) in [4.78, 5) is 16.3. The Morgan fingerprint density at radius 3 is 2.50 bits per heavy atom. The molecule has 3 heterocycles. The van der Waals surface area contributed by atoms with E-state index >= 15 is 0 Å². The number of alkyl halides is 3. The first-order valence-corrected chi connectivity index (χ1v) is 9.88. The summed E-state index contributed by atoms with van der Waals surface area (Å²) >= 11 is 5.86. The van der Waals surface area contributed by atoms with Gasteiger partial charge in [0.2, 0.25) is 0 Å². The molecule has 0 spiro atoms. The van der Waals surface area contributed by atoms with Gasteiger partial charge in [-0.3, -0.25) is 9.48 Å². The summed E-state index contributed by atoms with van der Waals surface area (Å²) in [5, 5.41) is 15.9. The molecule has 0 aliphatic heterocycles. The lowest BCUT2D eigenvalue weighted by molar-refractivity contribution is -0.141. The Hall–Kier alpha value is -2.39. The minimum atomic E-state index is -4.71. The van der Waals surface area contributed by atoms with E-state index in [9.17, 15) is 23.1 Å². The number of hydrogen-bond donors (Lipinski definition) is 1. The highest BCUT2D eigenvalue weighted by atomic mass is 35.5. The molecule has 1 atom stereocenters. The van der Waals surface area contributed by atoms with E-state index in [-0.39, 0.29) is 22.7 Å². The normalized spacial score (nSPS) is 17.0. The Kier molecular flexibility index (Phi) is 4.74. The highest BCUT2D eigenvalue weighted by molar-refractivity contribution is 6.31. The molecule has 4 rings (SSSR count). The Bertz CT molecular complexity index is 1200. The lowest BCUT2D eigenvalue weighted by Crippen LogP contribution is -2.36. The topological polar surface area (TPSA) is 72.9 Å². The van der Waals surface area contributed by atoms with Crippen molar-refractivity contribution in [1.82, 2.24) is 19.3 Å². The summed E-state index contributed by atoms with van der Waals surface area (Å²) in [6.45, 7) is 3.44. The molecule has 10 heteroatoms. The minimum absolute atomic E-state index is 0.0896. The fourth-order valence-electron chi connectivity index (χ4n) is 3.89. The van der Waals surface area contributed by atoms with E-state index in [0.717, 1.165) is 25.1 Å². The van der Waals surface area contributed by atoms with Gasteiger partial charge in [-0.05, 0) is 30.9 Å². The van der Waals surface area contributed by atoms with Crippen LogP contribution in [0.4, 0.5) is 13.2 Å². The monoisotopic (exact) mass is 440 g/mol. The third-order valence-electron chi connectivity index (χ3n) is 5.61. The number of nitrogens with zero attached hydrogens (tertiary/aromatic N) is 4. The highest BCUT2D eigenvalue weighted by Crippen LogP contribution is 2.42. The van der Waals surface area contributed by atoms with Crippen LogP contribution in [0.15, 0.2) is 29.3 Å². The van der Waals surface area contributed by atoms with Gasteiger partial charge in [-0.1, -0.05) is 25.4 Å². The first kappa shape index (κ1) is 20.9. The summed E-state index contributed by atoms with van der Waals surface area (Å²) < 4.78 is 42.2. The van der Waals surface area contributed by atoms with E-state index in [4.69, 9.17) is 11.6 Å². The van der Waals surface area contributed by atoms with Crippen molar-refractivity contribution in [1.29, 1.82) is 0 Å². The van der Waals surface area contributed by atoms with Crippen LogP contribution in [0.2, 0.25) is 5.02 Å². The second-order valence-corrected chi connectivity index (χ2v) is 8.37. The molecule has 0 radical (unpaired) electrons. The van der Waals surface area contributed by atoms with Crippen LogP contribution in [-0.2, 0) is 18.8 Å². The summed E-state index contributed by atoms with van der Waals surface area (Å²) in [7, 11) is 1.59. The highest BCUT2D eigenvalue weighted by Gasteiger charge is 2.43. The lowest BCUT2D eigenvalue weighted by atomic mass is 9.80. The maximum Gasteiger partial charge on any atom is 0.434 e. The number of aromatic nitrogens is 4. The minimum Gasteiger partial charge on any atom is -0.378 e. The maximum absolute atomic E-state index is 13.1. The molecule has 1 unspecified atom stereocenters. The maximum atomic E-state index is 13.1. The van der Waals surface area contributed by atoms with Gasteiger partial charge in [0, 0.05) is 36.4 Å². The van der Waals surface area contributed by atoms with E-state index in [1.807, 2.05) is 0 Å². The third-order valence-corrected chi connectivity index (χ3v) is 5.90. The van der Waals surface area contributed by atoms with Crippen LogP contribution in [0, 0.1) is 5.92 Å². The molecule has 1 aliphatic carbocycles. The van der Waals surface area contributed by atoms with Gasteiger partial charge in [0.15, 0.2) is 11.2 Å². The molecule has 0 saturated heterocycles. The smallest absolute Gasteiger partial charge is 0.378 e. The molecular formula is C20H20ClF3N4O2. The molecule has 1 saturated carbocycles. The van der Waals surface area contributed by atoms with Gasteiger partial charge < -0.3 is 9.67 Å². The van der Waals surface area contributed by atoms with Gasteiger partial charge in [0.1, 0.15) is 5.60 Å². The van der Waals surface area contributed by atoms with Crippen LogP contribution in [0.25, 0.3) is 10.9 Å². The van der Waals surface area contributed by atoms with Gasteiger partial charge in [-0.25, -0.2) is 4.98 Å². The van der Waals surface area contributed by atoms with Crippen molar-refractivity contribution in [3.05, 3.63) is 56.9 Å². The number of aliphatic hydroxyl groups is 1. The molecule has 3 aromatic rings. The summed E-state index contributed by atoms with van der Waals surface area (Å²) in [6, 6.07) is 2.94. The third kappa shape index (κ3) is 3.11. The number of aryl methyl sites for hydroxylation is 1. The van der Waals surface area contributed by atoms with Crippen LogP contribution < -0.4 is 5.56 Å². The first-order valence-electron chi connectivity index (χ1n) is 9.50. The molecule has 0 amide bonds. The molecule has 3 aromatic heterocycles. The van der Waals surface area contributed by atoms with Crippen LogP contribution >= 0.6 is 11.6 Å². The Morgan fingerprint density at radius 2 is 1.97 bits per heavy atom. The number of pyridine rings is 2. The molecule has 0 bridgehead atoms. The average Bonchev–Trinajstić information content (AvgIpc) is 3.42. The lowest BCUT2D eigenvalue weighted by Gasteiger charge is -2.33. The number of hydrogen-bond acceptors (Lipinski definition) is 4.